The lowest BCUT2D eigenvalue weighted by Gasteiger charge is -2.18. The van der Waals surface area contributed by atoms with Crippen LogP contribution in [-0.2, 0) is 11.3 Å². The predicted molar refractivity (Wildman–Crippen MR) is 113 cm³/mol. The van der Waals surface area contributed by atoms with E-state index in [0.717, 1.165) is 18.0 Å². The highest BCUT2D eigenvalue weighted by Gasteiger charge is 2.21. The monoisotopic (exact) mass is 432 g/mol. The predicted octanol–water partition coefficient (Wildman–Crippen LogP) is 4.58. The van der Waals surface area contributed by atoms with Crippen LogP contribution in [0.2, 0.25) is 0 Å². The van der Waals surface area contributed by atoms with Gasteiger partial charge >= 0.3 is 0 Å². The Balaban J connectivity index is 1.36. The van der Waals surface area contributed by atoms with Gasteiger partial charge in [0.1, 0.15) is 5.01 Å². The first-order chi connectivity index (χ1) is 14.2. The molecule has 29 heavy (non-hydrogen) atoms. The third kappa shape index (κ3) is 4.87. The molecule has 3 aromatic heterocycles. The molecule has 10 heteroatoms. The summed E-state index contributed by atoms with van der Waals surface area (Å²) in [6.07, 6.45) is 8.69. The van der Waals surface area contributed by atoms with E-state index in [4.69, 9.17) is 4.42 Å². The second-order valence-corrected chi connectivity index (χ2v) is 9.00. The van der Waals surface area contributed by atoms with Gasteiger partial charge in [0.25, 0.3) is 0 Å². The Morgan fingerprint density at radius 3 is 2.90 bits per heavy atom. The maximum Gasteiger partial charge on any atom is 0.236 e. The van der Waals surface area contributed by atoms with Gasteiger partial charge in [-0.05, 0) is 31.4 Å². The molecular formula is C19H24N6O2S2. The van der Waals surface area contributed by atoms with Gasteiger partial charge in [-0.2, -0.15) is 0 Å². The lowest BCUT2D eigenvalue weighted by Crippen LogP contribution is -2.14. The van der Waals surface area contributed by atoms with E-state index < -0.39 is 0 Å². The Morgan fingerprint density at radius 2 is 2.14 bits per heavy atom. The fourth-order valence-corrected chi connectivity index (χ4v) is 5.19. The molecule has 0 spiro atoms. The van der Waals surface area contributed by atoms with Crippen LogP contribution < -0.4 is 5.32 Å². The topological polar surface area (TPSA) is 98.7 Å². The number of rotatable bonds is 8. The van der Waals surface area contributed by atoms with Crippen LogP contribution in [0.25, 0.3) is 11.6 Å². The molecule has 4 rings (SSSR count). The van der Waals surface area contributed by atoms with Gasteiger partial charge in [-0.3, -0.25) is 14.7 Å². The van der Waals surface area contributed by atoms with Crippen LogP contribution in [0.1, 0.15) is 56.4 Å². The molecule has 0 aromatic carbocycles. The second-order valence-electron chi connectivity index (χ2n) is 7.05. The van der Waals surface area contributed by atoms with Crippen LogP contribution in [-0.4, -0.2) is 36.6 Å². The van der Waals surface area contributed by atoms with E-state index in [1.165, 1.54) is 55.2 Å². The third-order valence-corrected chi connectivity index (χ3v) is 6.85. The lowest BCUT2D eigenvalue weighted by molar-refractivity contribution is -0.113. The van der Waals surface area contributed by atoms with Crippen molar-refractivity contribution in [1.29, 1.82) is 0 Å². The zero-order valence-corrected chi connectivity index (χ0v) is 18.0. The Hall–Kier alpha value is -2.20. The summed E-state index contributed by atoms with van der Waals surface area (Å²) >= 11 is 2.85. The van der Waals surface area contributed by atoms with E-state index >= 15 is 0 Å². The number of carbonyl (C=O) groups excluding carboxylic acids is 1. The summed E-state index contributed by atoms with van der Waals surface area (Å²) in [7, 11) is 0. The Morgan fingerprint density at radius 1 is 1.28 bits per heavy atom. The molecule has 1 aliphatic rings. The molecule has 0 atom stereocenters. The number of carbonyl (C=O) groups is 1. The zero-order valence-electron chi connectivity index (χ0n) is 16.3. The number of nitrogens with one attached hydrogen (secondary N) is 1. The van der Waals surface area contributed by atoms with E-state index in [9.17, 15) is 4.79 Å². The summed E-state index contributed by atoms with van der Waals surface area (Å²) in [6, 6.07) is 3.68. The number of furan rings is 1. The van der Waals surface area contributed by atoms with Gasteiger partial charge in [0, 0.05) is 12.5 Å². The van der Waals surface area contributed by atoms with E-state index in [1.54, 1.807) is 6.26 Å². The molecule has 1 fully saturated rings. The third-order valence-electron chi connectivity index (χ3n) is 4.88. The molecule has 1 saturated carbocycles. The van der Waals surface area contributed by atoms with Crippen molar-refractivity contribution in [2.45, 2.75) is 63.1 Å². The first-order valence-electron chi connectivity index (χ1n) is 9.97. The molecule has 154 valence electrons. The molecule has 0 unspecified atom stereocenters. The summed E-state index contributed by atoms with van der Waals surface area (Å²) in [5, 5.41) is 22.1. The van der Waals surface area contributed by atoms with Crippen molar-refractivity contribution in [3.63, 3.8) is 0 Å². The average Bonchev–Trinajstić information content (AvgIpc) is 3.49. The van der Waals surface area contributed by atoms with E-state index in [1.807, 2.05) is 16.7 Å². The highest BCUT2D eigenvalue weighted by Crippen LogP contribution is 2.35. The Bertz CT molecular complexity index is 931. The minimum atomic E-state index is -0.119. The highest BCUT2D eigenvalue weighted by molar-refractivity contribution is 7.99. The number of hydrogen-bond acceptors (Lipinski definition) is 8. The SMILES string of the molecule is CCCn1c(SCC(=O)Nc2nnc(C3CCCCC3)s2)nnc1-c1ccco1. The van der Waals surface area contributed by atoms with Gasteiger partial charge in [0.05, 0.1) is 12.0 Å². The van der Waals surface area contributed by atoms with Gasteiger partial charge in [-0.15, -0.1) is 20.4 Å². The minimum absolute atomic E-state index is 0.119. The van der Waals surface area contributed by atoms with E-state index in [2.05, 4.69) is 32.6 Å². The maximum atomic E-state index is 12.4. The van der Waals surface area contributed by atoms with Gasteiger partial charge in [0.2, 0.25) is 11.0 Å². The smallest absolute Gasteiger partial charge is 0.236 e. The van der Waals surface area contributed by atoms with Crippen molar-refractivity contribution in [1.82, 2.24) is 25.0 Å². The number of hydrogen-bond donors (Lipinski definition) is 1. The molecule has 0 saturated heterocycles. The molecule has 8 nitrogen and oxygen atoms in total. The normalized spacial score (nSPS) is 14.9. The largest absolute Gasteiger partial charge is 0.461 e. The van der Waals surface area contributed by atoms with Crippen molar-refractivity contribution in [3.8, 4) is 11.6 Å². The van der Waals surface area contributed by atoms with Crippen molar-refractivity contribution < 1.29 is 9.21 Å². The first kappa shape index (κ1) is 20.1. The number of aromatic nitrogens is 5. The number of nitrogens with zero attached hydrogens (tertiary/aromatic N) is 5. The number of anilines is 1. The van der Waals surface area contributed by atoms with E-state index in [0.29, 0.717) is 27.8 Å². The summed E-state index contributed by atoms with van der Waals surface area (Å²) in [6.45, 7) is 2.85. The van der Waals surface area contributed by atoms with Crippen LogP contribution in [0.4, 0.5) is 5.13 Å². The first-order valence-corrected chi connectivity index (χ1v) is 11.8. The van der Waals surface area contributed by atoms with Crippen LogP contribution >= 0.6 is 23.1 Å². The quantitative estimate of drug-likeness (QED) is 0.520. The summed E-state index contributed by atoms with van der Waals surface area (Å²) < 4.78 is 7.44. The lowest BCUT2D eigenvalue weighted by atomic mass is 9.90. The molecule has 0 aliphatic heterocycles. The molecule has 0 bridgehead atoms. The molecule has 3 heterocycles. The molecule has 3 aromatic rings. The number of thioether (sulfide) groups is 1. The molecule has 1 aliphatic carbocycles. The van der Waals surface area contributed by atoms with Crippen LogP contribution in [0.3, 0.4) is 0 Å². The maximum absolute atomic E-state index is 12.4. The van der Waals surface area contributed by atoms with E-state index in [-0.39, 0.29) is 11.7 Å². The van der Waals surface area contributed by atoms with Crippen molar-refractivity contribution in [2.75, 3.05) is 11.1 Å². The van der Waals surface area contributed by atoms with Crippen LogP contribution in [0, 0.1) is 0 Å². The summed E-state index contributed by atoms with van der Waals surface area (Å²) in [4.78, 5) is 12.4. The molecule has 1 N–H and O–H groups in total. The molecule has 0 radical (unpaired) electrons. The van der Waals surface area contributed by atoms with Crippen molar-refractivity contribution >= 4 is 34.1 Å². The van der Waals surface area contributed by atoms with Gasteiger partial charge in [-0.25, -0.2) is 0 Å². The molecular weight excluding hydrogens is 408 g/mol. The zero-order chi connectivity index (χ0) is 20.1. The summed E-state index contributed by atoms with van der Waals surface area (Å²) in [5.74, 6) is 1.96. The summed E-state index contributed by atoms with van der Waals surface area (Å²) in [5.41, 5.74) is 0. The Kier molecular flexibility index (Phi) is 6.60. The van der Waals surface area contributed by atoms with Crippen molar-refractivity contribution in [2.24, 2.45) is 0 Å². The van der Waals surface area contributed by atoms with Gasteiger partial charge in [-0.1, -0.05) is 49.3 Å². The average molecular weight is 433 g/mol. The number of amides is 1. The standard InChI is InChI=1S/C19H24N6O2S2/c1-2-10-25-16(14-9-6-11-27-14)21-24-19(25)28-12-15(26)20-18-23-22-17(29-18)13-7-4-3-5-8-13/h6,9,11,13H,2-5,7-8,10,12H2,1H3,(H,20,23,26). The molecule has 1 amide bonds. The second kappa shape index (κ2) is 9.53. The fraction of sp³-hybridized carbons (Fsp3) is 0.526. The Labute approximate surface area is 177 Å². The highest BCUT2D eigenvalue weighted by atomic mass is 32.2. The minimum Gasteiger partial charge on any atom is -0.461 e. The van der Waals surface area contributed by atoms with Crippen LogP contribution in [0.15, 0.2) is 28.0 Å². The van der Waals surface area contributed by atoms with Gasteiger partial charge < -0.3 is 4.42 Å². The van der Waals surface area contributed by atoms with Crippen LogP contribution in [0.5, 0.6) is 0 Å². The fourth-order valence-electron chi connectivity index (χ4n) is 3.49. The van der Waals surface area contributed by atoms with Crippen molar-refractivity contribution in [3.05, 3.63) is 23.4 Å². The van der Waals surface area contributed by atoms with Gasteiger partial charge in [0.15, 0.2) is 16.7 Å².